The smallest absolute Gasteiger partial charge is 0.163 e. The molecule has 1 saturated carbocycles. The second-order valence-corrected chi connectivity index (χ2v) is 6.51. The predicted molar refractivity (Wildman–Crippen MR) is 97.5 cm³/mol. The molecule has 2 aromatic carbocycles. The molecule has 3 nitrogen and oxygen atoms in total. The molecule has 0 aliphatic heterocycles. The second-order valence-electron chi connectivity index (χ2n) is 6.51. The second kappa shape index (κ2) is 7.71. The Morgan fingerprint density at radius 2 is 1.67 bits per heavy atom. The van der Waals surface area contributed by atoms with E-state index in [1.54, 1.807) is 7.11 Å². The molecular formula is C21H27NO2. The van der Waals surface area contributed by atoms with Crippen LogP contribution in [0.2, 0.25) is 0 Å². The van der Waals surface area contributed by atoms with Crippen LogP contribution in [0.15, 0.2) is 54.6 Å². The summed E-state index contributed by atoms with van der Waals surface area (Å²) in [6.45, 7) is 0. The van der Waals surface area contributed by atoms with Crippen molar-refractivity contribution in [2.75, 3.05) is 14.2 Å². The van der Waals surface area contributed by atoms with E-state index in [1.807, 2.05) is 31.3 Å². The first-order chi connectivity index (χ1) is 11.8. The summed E-state index contributed by atoms with van der Waals surface area (Å²) in [4.78, 5) is 0. The third-order valence-electron chi connectivity index (χ3n) is 4.88. The molecule has 3 heteroatoms. The van der Waals surface area contributed by atoms with E-state index in [2.05, 4.69) is 35.6 Å². The summed E-state index contributed by atoms with van der Waals surface area (Å²) < 4.78 is 12.0. The Labute approximate surface area is 145 Å². The molecule has 24 heavy (non-hydrogen) atoms. The summed E-state index contributed by atoms with van der Waals surface area (Å²) in [6, 6.07) is 18.6. The van der Waals surface area contributed by atoms with E-state index >= 15 is 0 Å². The van der Waals surface area contributed by atoms with Crippen molar-refractivity contribution in [2.24, 2.45) is 5.92 Å². The van der Waals surface area contributed by atoms with Crippen molar-refractivity contribution < 1.29 is 9.47 Å². The first kappa shape index (κ1) is 16.8. The lowest BCUT2D eigenvalue weighted by molar-refractivity contribution is 0.00539. The maximum Gasteiger partial charge on any atom is 0.163 e. The van der Waals surface area contributed by atoms with Gasteiger partial charge in [-0.25, -0.2) is 0 Å². The Morgan fingerprint density at radius 1 is 1.00 bits per heavy atom. The maximum absolute atomic E-state index is 6.50. The number of methoxy groups -OCH3 is 1. The Morgan fingerprint density at radius 3 is 2.29 bits per heavy atom. The lowest BCUT2D eigenvalue weighted by Crippen LogP contribution is -2.50. The van der Waals surface area contributed by atoms with Crippen LogP contribution in [-0.4, -0.2) is 19.9 Å². The van der Waals surface area contributed by atoms with Crippen molar-refractivity contribution >= 4 is 0 Å². The normalized spacial score (nSPS) is 16.4. The molecule has 1 atom stereocenters. The summed E-state index contributed by atoms with van der Waals surface area (Å²) in [5.41, 5.74) is 1.08. The van der Waals surface area contributed by atoms with Crippen LogP contribution in [0.5, 0.6) is 11.5 Å². The van der Waals surface area contributed by atoms with Crippen molar-refractivity contribution in [1.29, 1.82) is 0 Å². The molecule has 0 saturated heterocycles. The summed E-state index contributed by atoms with van der Waals surface area (Å²) in [5.74, 6) is 2.19. The van der Waals surface area contributed by atoms with Crippen molar-refractivity contribution in [3.8, 4) is 11.5 Å². The van der Waals surface area contributed by atoms with Gasteiger partial charge in [0.2, 0.25) is 0 Å². The van der Waals surface area contributed by atoms with Crippen LogP contribution in [0.4, 0.5) is 0 Å². The lowest BCUT2D eigenvalue weighted by Gasteiger charge is -2.35. The number of hydrogen-bond donors (Lipinski definition) is 1. The highest BCUT2D eigenvalue weighted by Crippen LogP contribution is 2.44. The predicted octanol–water partition coefficient (Wildman–Crippen LogP) is 4.42. The molecule has 0 aromatic heterocycles. The third-order valence-corrected chi connectivity index (χ3v) is 4.88. The van der Waals surface area contributed by atoms with Gasteiger partial charge in [0, 0.05) is 12.3 Å². The lowest BCUT2D eigenvalue weighted by atomic mass is 9.98. The molecular weight excluding hydrogens is 298 g/mol. The zero-order valence-corrected chi connectivity index (χ0v) is 14.6. The molecule has 1 fully saturated rings. The topological polar surface area (TPSA) is 30.5 Å². The standard InChI is InChI=1S/C21H27NO2/c1-22-21(18-14-15-18,16-8-11-17-9-4-3-5-10-17)24-20-13-7-6-12-19(20)23-2/h3-7,9-10,12-13,18,22H,8,11,14-16H2,1-2H3. The minimum absolute atomic E-state index is 0.302. The summed E-state index contributed by atoms with van der Waals surface area (Å²) in [5, 5.41) is 3.49. The van der Waals surface area contributed by atoms with Crippen molar-refractivity contribution in [3.05, 3.63) is 60.2 Å². The first-order valence-corrected chi connectivity index (χ1v) is 8.82. The minimum atomic E-state index is -0.302. The van der Waals surface area contributed by atoms with Crippen LogP contribution in [-0.2, 0) is 6.42 Å². The van der Waals surface area contributed by atoms with Gasteiger partial charge in [-0.2, -0.15) is 0 Å². The SMILES string of the molecule is CNC(CCCc1ccccc1)(Oc1ccccc1OC)C1CC1. The van der Waals surface area contributed by atoms with Gasteiger partial charge < -0.3 is 9.47 Å². The third kappa shape index (κ3) is 3.90. The molecule has 3 rings (SSSR count). The summed E-state index contributed by atoms with van der Waals surface area (Å²) >= 11 is 0. The largest absolute Gasteiger partial charge is 0.493 e. The molecule has 1 N–H and O–H groups in total. The fourth-order valence-corrected chi connectivity index (χ4v) is 3.37. The Hall–Kier alpha value is -2.00. The fourth-order valence-electron chi connectivity index (χ4n) is 3.37. The molecule has 0 spiro atoms. The van der Waals surface area contributed by atoms with Crippen LogP contribution in [0.25, 0.3) is 0 Å². The van der Waals surface area contributed by atoms with E-state index < -0.39 is 0 Å². The number of para-hydroxylation sites is 2. The molecule has 0 radical (unpaired) electrons. The molecule has 0 heterocycles. The number of rotatable bonds is 9. The van der Waals surface area contributed by atoms with Crippen LogP contribution < -0.4 is 14.8 Å². The number of benzene rings is 2. The van der Waals surface area contributed by atoms with Gasteiger partial charge in [0.15, 0.2) is 17.2 Å². The number of ether oxygens (including phenoxy) is 2. The van der Waals surface area contributed by atoms with Gasteiger partial charge in [-0.3, -0.25) is 5.32 Å². The van der Waals surface area contributed by atoms with Crippen molar-refractivity contribution in [2.45, 2.75) is 37.8 Å². The molecule has 0 bridgehead atoms. The Bertz CT molecular complexity index is 639. The van der Waals surface area contributed by atoms with Gasteiger partial charge in [-0.1, -0.05) is 42.5 Å². The molecule has 1 aliphatic rings. The van der Waals surface area contributed by atoms with Crippen LogP contribution in [0.3, 0.4) is 0 Å². The number of nitrogens with one attached hydrogen (secondary N) is 1. The molecule has 128 valence electrons. The van der Waals surface area contributed by atoms with E-state index in [1.165, 1.54) is 18.4 Å². The fraction of sp³-hybridized carbons (Fsp3) is 0.429. The van der Waals surface area contributed by atoms with E-state index in [-0.39, 0.29) is 5.72 Å². The number of aryl methyl sites for hydroxylation is 1. The highest BCUT2D eigenvalue weighted by molar-refractivity contribution is 5.40. The van der Waals surface area contributed by atoms with Crippen LogP contribution in [0.1, 0.15) is 31.2 Å². The minimum Gasteiger partial charge on any atom is -0.493 e. The summed E-state index contributed by atoms with van der Waals surface area (Å²) in [7, 11) is 3.70. The Kier molecular flexibility index (Phi) is 5.41. The van der Waals surface area contributed by atoms with E-state index in [9.17, 15) is 0 Å². The quantitative estimate of drug-likeness (QED) is 0.692. The van der Waals surface area contributed by atoms with Gasteiger partial charge in [0.05, 0.1) is 7.11 Å². The van der Waals surface area contributed by atoms with E-state index in [0.29, 0.717) is 5.92 Å². The van der Waals surface area contributed by atoms with Gasteiger partial charge in [-0.05, 0) is 50.4 Å². The molecule has 0 amide bonds. The highest BCUT2D eigenvalue weighted by atomic mass is 16.5. The zero-order valence-electron chi connectivity index (χ0n) is 14.6. The van der Waals surface area contributed by atoms with Crippen molar-refractivity contribution in [3.63, 3.8) is 0 Å². The van der Waals surface area contributed by atoms with Gasteiger partial charge >= 0.3 is 0 Å². The van der Waals surface area contributed by atoms with E-state index in [0.717, 1.165) is 30.8 Å². The van der Waals surface area contributed by atoms with E-state index in [4.69, 9.17) is 9.47 Å². The first-order valence-electron chi connectivity index (χ1n) is 8.82. The molecule has 1 aliphatic carbocycles. The van der Waals surface area contributed by atoms with Gasteiger partial charge in [0.1, 0.15) is 0 Å². The summed E-state index contributed by atoms with van der Waals surface area (Å²) in [6.07, 6.45) is 5.60. The zero-order chi connectivity index (χ0) is 16.8. The maximum atomic E-state index is 6.50. The van der Waals surface area contributed by atoms with Gasteiger partial charge in [0.25, 0.3) is 0 Å². The van der Waals surface area contributed by atoms with Crippen LogP contribution >= 0.6 is 0 Å². The average Bonchev–Trinajstić information content (AvgIpc) is 3.48. The van der Waals surface area contributed by atoms with Crippen molar-refractivity contribution in [1.82, 2.24) is 5.32 Å². The Balaban J connectivity index is 1.70. The average molecular weight is 325 g/mol. The molecule has 1 unspecified atom stereocenters. The number of hydrogen-bond acceptors (Lipinski definition) is 3. The van der Waals surface area contributed by atoms with Crippen LogP contribution in [0, 0.1) is 5.92 Å². The highest BCUT2D eigenvalue weighted by Gasteiger charge is 2.46. The van der Waals surface area contributed by atoms with Gasteiger partial charge in [-0.15, -0.1) is 0 Å². The monoisotopic (exact) mass is 325 g/mol. The molecule has 2 aromatic rings.